The molecule has 66 valence electrons. The van der Waals surface area contributed by atoms with Crippen molar-refractivity contribution in [2.75, 3.05) is 6.61 Å². The second-order valence-corrected chi connectivity index (χ2v) is 2.95. The van der Waals surface area contributed by atoms with Gasteiger partial charge in [-0.05, 0) is 22.9 Å². The van der Waals surface area contributed by atoms with Crippen molar-refractivity contribution < 1.29 is 4.74 Å². The second kappa shape index (κ2) is 3.71. The molecule has 12 heavy (non-hydrogen) atoms. The Hall–Kier alpha value is -0.840. The Morgan fingerprint density at radius 2 is 2.42 bits per heavy atom. The van der Waals surface area contributed by atoms with Crippen molar-refractivity contribution in [3.63, 3.8) is 0 Å². The maximum absolute atomic E-state index is 11.1. The monoisotopic (exact) mass is 232 g/mol. The zero-order chi connectivity index (χ0) is 9.14. The van der Waals surface area contributed by atoms with Crippen LogP contribution in [-0.4, -0.2) is 16.4 Å². The normalized spacial score (nSPS) is 9.92. The van der Waals surface area contributed by atoms with Crippen LogP contribution in [0.15, 0.2) is 15.5 Å². The van der Waals surface area contributed by atoms with Crippen molar-refractivity contribution in [1.82, 2.24) is 9.78 Å². The van der Waals surface area contributed by atoms with Crippen molar-refractivity contribution in [2.45, 2.75) is 6.92 Å². The molecule has 0 aromatic carbocycles. The Morgan fingerprint density at radius 3 is 3.00 bits per heavy atom. The van der Waals surface area contributed by atoms with Crippen LogP contribution >= 0.6 is 15.9 Å². The first kappa shape index (κ1) is 9.25. The van der Waals surface area contributed by atoms with Crippen molar-refractivity contribution in [2.24, 2.45) is 7.05 Å². The lowest BCUT2D eigenvalue weighted by Crippen LogP contribution is -2.19. The molecule has 0 aliphatic heterocycles. The van der Waals surface area contributed by atoms with Crippen LogP contribution in [0.25, 0.3) is 0 Å². The SMILES string of the molecule is CCOc1cc(=O)n(C)nc1Br. The number of nitrogens with zero attached hydrogens (tertiary/aromatic N) is 2. The zero-order valence-electron chi connectivity index (χ0n) is 6.87. The first-order valence-electron chi connectivity index (χ1n) is 3.51. The van der Waals surface area contributed by atoms with Crippen LogP contribution in [0.2, 0.25) is 0 Å². The summed E-state index contributed by atoms with van der Waals surface area (Å²) < 4.78 is 6.94. The van der Waals surface area contributed by atoms with Gasteiger partial charge >= 0.3 is 0 Å². The van der Waals surface area contributed by atoms with Crippen molar-refractivity contribution >= 4 is 15.9 Å². The molecule has 0 atom stereocenters. The molecular formula is C7H9BrN2O2. The third kappa shape index (κ3) is 1.85. The molecule has 4 nitrogen and oxygen atoms in total. The molecule has 5 heteroatoms. The molecule has 0 aliphatic carbocycles. The maximum Gasteiger partial charge on any atom is 0.270 e. The van der Waals surface area contributed by atoms with E-state index in [1.165, 1.54) is 10.7 Å². The van der Waals surface area contributed by atoms with Gasteiger partial charge in [-0.1, -0.05) is 0 Å². The highest BCUT2D eigenvalue weighted by atomic mass is 79.9. The molecule has 0 saturated heterocycles. The van der Waals surface area contributed by atoms with Gasteiger partial charge in [0.15, 0.2) is 10.4 Å². The molecule has 0 unspecified atom stereocenters. The largest absolute Gasteiger partial charge is 0.491 e. The quantitative estimate of drug-likeness (QED) is 0.763. The van der Waals surface area contributed by atoms with Gasteiger partial charge in [0.05, 0.1) is 6.61 Å². The van der Waals surface area contributed by atoms with Gasteiger partial charge in [0, 0.05) is 13.1 Å². The van der Waals surface area contributed by atoms with Crippen molar-refractivity contribution in [3.05, 3.63) is 21.0 Å². The molecule has 0 saturated carbocycles. The molecule has 0 aliphatic rings. The molecular weight excluding hydrogens is 224 g/mol. The Balaban J connectivity index is 3.14. The first-order chi connectivity index (χ1) is 5.65. The third-order valence-corrected chi connectivity index (χ3v) is 1.86. The third-order valence-electron chi connectivity index (χ3n) is 1.31. The number of ether oxygens (including phenoxy) is 1. The summed E-state index contributed by atoms with van der Waals surface area (Å²) in [5, 5.41) is 3.89. The molecule has 0 radical (unpaired) electrons. The van der Waals surface area contributed by atoms with Crippen LogP contribution in [0, 0.1) is 0 Å². The van der Waals surface area contributed by atoms with Gasteiger partial charge in [-0.15, -0.1) is 0 Å². The summed E-state index contributed by atoms with van der Waals surface area (Å²) in [6.07, 6.45) is 0. The van der Waals surface area contributed by atoms with Crippen molar-refractivity contribution in [3.8, 4) is 5.75 Å². The van der Waals surface area contributed by atoms with E-state index in [-0.39, 0.29) is 5.56 Å². The second-order valence-electron chi connectivity index (χ2n) is 2.19. The summed E-state index contributed by atoms with van der Waals surface area (Å²) >= 11 is 3.19. The number of aromatic nitrogens is 2. The smallest absolute Gasteiger partial charge is 0.270 e. The molecule has 1 aromatic rings. The molecule has 0 bridgehead atoms. The van der Waals surface area contributed by atoms with Crippen LogP contribution in [0.3, 0.4) is 0 Å². The highest BCUT2D eigenvalue weighted by Gasteiger charge is 2.03. The van der Waals surface area contributed by atoms with Gasteiger partial charge in [-0.3, -0.25) is 4.79 Å². The van der Waals surface area contributed by atoms with Gasteiger partial charge in [0.2, 0.25) is 0 Å². The summed E-state index contributed by atoms with van der Waals surface area (Å²) in [5.74, 6) is 0.487. The summed E-state index contributed by atoms with van der Waals surface area (Å²) in [6, 6.07) is 1.40. The molecule has 0 fully saturated rings. The Labute approximate surface area is 78.3 Å². The highest BCUT2D eigenvalue weighted by molar-refractivity contribution is 9.10. The standard InChI is InChI=1S/C7H9BrN2O2/c1-3-12-5-4-6(11)10(2)9-7(5)8/h4H,3H2,1-2H3. The maximum atomic E-state index is 11.1. The number of hydrogen-bond donors (Lipinski definition) is 0. The first-order valence-corrected chi connectivity index (χ1v) is 4.31. The predicted octanol–water partition coefficient (Wildman–Crippen LogP) is 0.941. The van der Waals surface area contributed by atoms with E-state index in [1.54, 1.807) is 7.05 Å². The van der Waals surface area contributed by atoms with E-state index in [0.717, 1.165) is 0 Å². The molecule has 0 spiro atoms. The van der Waals surface area contributed by atoms with Gasteiger partial charge in [0.25, 0.3) is 5.56 Å². The number of rotatable bonds is 2. The number of hydrogen-bond acceptors (Lipinski definition) is 3. The lowest BCUT2D eigenvalue weighted by Gasteiger charge is -2.04. The topological polar surface area (TPSA) is 44.1 Å². The van der Waals surface area contributed by atoms with E-state index in [1.807, 2.05) is 6.92 Å². The van der Waals surface area contributed by atoms with E-state index < -0.39 is 0 Å². The fourth-order valence-electron chi connectivity index (χ4n) is 0.752. The lowest BCUT2D eigenvalue weighted by atomic mass is 10.5. The lowest BCUT2D eigenvalue weighted by molar-refractivity contribution is 0.333. The fraction of sp³-hybridized carbons (Fsp3) is 0.429. The average molecular weight is 233 g/mol. The average Bonchev–Trinajstić information content (AvgIpc) is 2.01. The van der Waals surface area contributed by atoms with Gasteiger partial charge in [-0.25, -0.2) is 4.68 Å². The van der Waals surface area contributed by atoms with Gasteiger partial charge in [0.1, 0.15) is 0 Å². The van der Waals surface area contributed by atoms with E-state index in [2.05, 4.69) is 21.0 Å². The highest BCUT2D eigenvalue weighted by Crippen LogP contribution is 2.18. The molecule has 0 amide bonds. The van der Waals surface area contributed by atoms with Gasteiger partial charge < -0.3 is 4.74 Å². The summed E-state index contributed by atoms with van der Waals surface area (Å²) in [5.41, 5.74) is -0.179. The summed E-state index contributed by atoms with van der Waals surface area (Å²) in [4.78, 5) is 11.1. The Bertz CT molecular complexity index is 335. The minimum atomic E-state index is -0.179. The van der Waals surface area contributed by atoms with Crippen LogP contribution < -0.4 is 10.3 Å². The van der Waals surface area contributed by atoms with Gasteiger partial charge in [-0.2, -0.15) is 5.10 Å². The zero-order valence-corrected chi connectivity index (χ0v) is 8.46. The predicted molar refractivity (Wildman–Crippen MR) is 48.3 cm³/mol. The van der Waals surface area contributed by atoms with E-state index in [9.17, 15) is 4.79 Å². The van der Waals surface area contributed by atoms with Crippen LogP contribution in [0.1, 0.15) is 6.92 Å². The number of aryl methyl sites for hydroxylation is 1. The fourth-order valence-corrected chi connectivity index (χ4v) is 1.22. The Morgan fingerprint density at radius 1 is 1.75 bits per heavy atom. The molecule has 1 aromatic heterocycles. The Kier molecular flexibility index (Phi) is 2.86. The van der Waals surface area contributed by atoms with E-state index in [4.69, 9.17) is 4.74 Å². The van der Waals surface area contributed by atoms with E-state index in [0.29, 0.717) is 17.0 Å². The molecule has 1 rings (SSSR count). The summed E-state index contributed by atoms with van der Waals surface area (Å²) in [6.45, 7) is 2.37. The minimum Gasteiger partial charge on any atom is -0.491 e. The number of halogens is 1. The molecule has 1 heterocycles. The van der Waals surface area contributed by atoms with Crippen LogP contribution in [0.5, 0.6) is 5.75 Å². The minimum absolute atomic E-state index is 0.179. The molecule has 0 N–H and O–H groups in total. The summed E-state index contributed by atoms with van der Waals surface area (Å²) in [7, 11) is 1.59. The van der Waals surface area contributed by atoms with E-state index >= 15 is 0 Å². The van der Waals surface area contributed by atoms with Crippen molar-refractivity contribution in [1.29, 1.82) is 0 Å². The van der Waals surface area contributed by atoms with Crippen LogP contribution in [0.4, 0.5) is 0 Å². The van der Waals surface area contributed by atoms with Crippen LogP contribution in [-0.2, 0) is 7.05 Å².